The third kappa shape index (κ3) is 2.71. The summed E-state index contributed by atoms with van der Waals surface area (Å²) >= 11 is 0. The van der Waals surface area contributed by atoms with E-state index in [-0.39, 0.29) is 29.6 Å². The van der Waals surface area contributed by atoms with Crippen LogP contribution in [0.4, 0.5) is 0 Å². The molecule has 0 radical (unpaired) electrons. The van der Waals surface area contributed by atoms with E-state index in [2.05, 4.69) is 0 Å². The lowest BCUT2D eigenvalue weighted by molar-refractivity contribution is 0.0635. The van der Waals surface area contributed by atoms with E-state index in [1.165, 1.54) is 12.1 Å². The van der Waals surface area contributed by atoms with Crippen molar-refractivity contribution in [3.63, 3.8) is 0 Å². The Kier molecular flexibility index (Phi) is 3.87. The molecule has 0 aromatic carbocycles. The molecule has 0 fully saturated rings. The quantitative estimate of drug-likeness (QED) is 0.685. The molecule has 0 saturated heterocycles. The van der Waals surface area contributed by atoms with E-state index in [0.29, 0.717) is 0 Å². The van der Waals surface area contributed by atoms with E-state index in [9.17, 15) is 9.59 Å². The number of aliphatic hydroxyl groups is 2. The number of ether oxygens (including phenoxy) is 1. The fraction of sp³-hybridized carbons (Fsp3) is 0.167. The van der Waals surface area contributed by atoms with Gasteiger partial charge in [-0.2, -0.15) is 0 Å². The molecule has 2 aromatic rings. The molecule has 0 saturated carbocycles. The molecule has 2 aromatic heterocycles. The van der Waals surface area contributed by atoms with Gasteiger partial charge in [0.05, 0.1) is 0 Å². The van der Waals surface area contributed by atoms with Crippen molar-refractivity contribution in [1.82, 2.24) is 0 Å². The van der Waals surface area contributed by atoms with Crippen LogP contribution in [0.25, 0.3) is 0 Å². The second kappa shape index (κ2) is 5.59. The van der Waals surface area contributed by atoms with Crippen LogP contribution in [0, 0.1) is 0 Å². The minimum absolute atomic E-state index is 0.0549. The van der Waals surface area contributed by atoms with Crippen molar-refractivity contribution in [1.29, 1.82) is 0 Å². The Morgan fingerprint density at radius 1 is 1.10 bits per heavy atom. The Bertz CT molecular complexity index is 636. The first kappa shape index (κ1) is 13.8. The van der Waals surface area contributed by atoms with Crippen LogP contribution in [0.1, 0.15) is 32.6 Å². The molecule has 0 unspecified atom stereocenters. The van der Waals surface area contributed by atoms with Crippen LogP contribution in [-0.4, -0.2) is 27.3 Å². The van der Waals surface area contributed by atoms with E-state index in [1.807, 2.05) is 0 Å². The molecular weight excluding hydrogens is 272 g/mol. The second-order valence-corrected chi connectivity index (χ2v) is 3.68. The van der Waals surface area contributed by atoms with Crippen molar-refractivity contribution in [3.05, 3.63) is 41.2 Å². The number of hydrogen-bond donors (Lipinski definition) is 3. The summed E-state index contributed by atoms with van der Waals surface area (Å²) in [7, 11) is 0. The van der Waals surface area contributed by atoms with E-state index in [1.54, 1.807) is 0 Å². The summed E-state index contributed by atoms with van der Waals surface area (Å²) in [5.74, 6) is -3.42. The maximum atomic E-state index is 11.7. The molecule has 0 spiro atoms. The highest BCUT2D eigenvalue weighted by molar-refractivity contribution is 5.92. The number of aromatic carboxylic acids is 1. The van der Waals surface area contributed by atoms with Gasteiger partial charge in [-0.05, 0) is 12.1 Å². The lowest BCUT2D eigenvalue weighted by Crippen LogP contribution is -2.09. The highest BCUT2D eigenvalue weighted by atomic mass is 16.6. The Hall–Kier alpha value is -2.58. The third-order valence-corrected chi connectivity index (χ3v) is 2.32. The fourth-order valence-electron chi connectivity index (χ4n) is 1.45. The summed E-state index contributed by atoms with van der Waals surface area (Å²) in [5, 5.41) is 26.6. The number of carboxylic acids is 1. The number of carboxylic acid groups (broad SMARTS) is 1. The predicted octanol–water partition coefficient (Wildman–Crippen LogP) is 0.775. The standard InChI is InChI=1S/C12H10O8/c13-4-6-1-2-8(18-6)12(17)20-9-3-7(5-14)19-10(9)11(15)16/h1-3,13-14H,4-5H2,(H,15,16). The normalized spacial score (nSPS) is 10.5. The molecular formula is C12H10O8. The van der Waals surface area contributed by atoms with E-state index >= 15 is 0 Å². The SMILES string of the molecule is O=C(Oc1cc(CO)oc1C(=O)O)c1ccc(CO)o1. The van der Waals surface area contributed by atoms with Gasteiger partial charge in [0, 0.05) is 6.07 Å². The third-order valence-electron chi connectivity index (χ3n) is 2.32. The minimum atomic E-state index is -1.44. The molecule has 0 aliphatic heterocycles. The summed E-state index contributed by atoms with van der Waals surface area (Å²) in [6, 6.07) is 3.75. The van der Waals surface area contributed by atoms with E-state index < -0.39 is 24.3 Å². The van der Waals surface area contributed by atoms with Gasteiger partial charge in [-0.25, -0.2) is 9.59 Å². The van der Waals surface area contributed by atoms with Crippen molar-refractivity contribution < 1.29 is 38.5 Å². The van der Waals surface area contributed by atoms with E-state index in [0.717, 1.165) is 6.07 Å². The average Bonchev–Trinajstić information content (AvgIpc) is 3.04. The first-order chi connectivity index (χ1) is 9.55. The van der Waals surface area contributed by atoms with Crippen LogP contribution in [0.5, 0.6) is 5.75 Å². The number of hydrogen-bond acceptors (Lipinski definition) is 7. The second-order valence-electron chi connectivity index (χ2n) is 3.68. The first-order valence-corrected chi connectivity index (χ1v) is 5.43. The Balaban J connectivity index is 2.22. The van der Waals surface area contributed by atoms with Gasteiger partial charge in [-0.1, -0.05) is 0 Å². The van der Waals surface area contributed by atoms with Crippen molar-refractivity contribution in [2.45, 2.75) is 13.2 Å². The molecule has 2 rings (SSSR count). The van der Waals surface area contributed by atoms with Gasteiger partial charge in [0.25, 0.3) is 5.76 Å². The lowest BCUT2D eigenvalue weighted by atomic mass is 10.4. The molecule has 8 nitrogen and oxygen atoms in total. The Labute approximate surface area is 111 Å². The maximum absolute atomic E-state index is 11.7. The number of esters is 1. The zero-order valence-electron chi connectivity index (χ0n) is 10.0. The van der Waals surface area contributed by atoms with Crippen molar-refractivity contribution in [3.8, 4) is 5.75 Å². The zero-order valence-corrected chi connectivity index (χ0v) is 10.0. The van der Waals surface area contributed by atoms with Gasteiger partial charge in [0.1, 0.15) is 24.7 Å². The maximum Gasteiger partial charge on any atom is 0.379 e. The molecule has 20 heavy (non-hydrogen) atoms. The van der Waals surface area contributed by atoms with Crippen LogP contribution < -0.4 is 4.74 Å². The van der Waals surface area contributed by atoms with Crippen LogP contribution in [-0.2, 0) is 13.2 Å². The average molecular weight is 282 g/mol. The highest BCUT2D eigenvalue weighted by Crippen LogP contribution is 2.25. The summed E-state index contributed by atoms with van der Waals surface area (Å²) in [6.07, 6.45) is 0. The van der Waals surface area contributed by atoms with Gasteiger partial charge in [0.15, 0.2) is 5.75 Å². The monoisotopic (exact) mass is 282 g/mol. The van der Waals surface area contributed by atoms with Crippen LogP contribution >= 0.6 is 0 Å². The number of carbonyl (C=O) groups excluding carboxylic acids is 1. The fourth-order valence-corrected chi connectivity index (χ4v) is 1.45. The molecule has 3 N–H and O–H groups in total. The highest BCUT2D eigenvalue weighted by Gasteiger charge is 2.23. The number of carbonyl (C=O) groups is 2. The van der Waals surface area contributed by atoms with Crippen molar-refractivity contribution >= 4 is 11.9 Å². The Morgan fingerprint density at radius 3 is 2.35 bits per heavy atom. The largest absolute Gasteiger partial charge is 0.475 e. The summed E-state index contributed by atoms with van der Waals surface area (Å²) in [4.78, 5) is 22.6. The van der Waals surface area contributed by atoms with Gasteiger partial charge >= 0.3 is 11.9 Å². The van der Waals surface area contributed by atoms with Gasteiger partial charge in [0.2, 0.25) is 5.76 Å². The number of aliphatic hydroxyl groups excluding tert-OH is 2. The molecule has 0 amide bonds. The van der Waals surface area contributed by atoms with Crippen molar-refractivity contribution in [2.75, 3.05) is 0 Å². The molecule has 0 aliphatic carbocycles. The van der Waals surface area contributed by atoms with Gasteiger partial charge < -0.3 is 28.9 Å². The van der Waals surface area contributed by atoms with Gasteiger partial charge in [-0.15, -0.1) is 0 Å². The molecule has 106 valence electrons. The minimum Gasteiger partial charge on any atom is -0.475 e. The Morgan fingerprint density at radius 2 is 1.80 bits per heavy atom. The summed E-state index contributed by atoms with van der Waals surface area (Å²) in [6.45, 7) is -0.915. The zero-order chi connectivity index (χ0) is 14.7. The van der Waals surface area contributed by atoms with E-state index in [4.69, 9.17) is 28.9 Å². The molecule has 2 heterocycles. The van der Waals surface area contributed by atoms with Crippen LogP contribution in [0.2, 0.25) is 0 Å². The summed E-state index contributed by atoms with van der Waals surface area (Å²) < 4.78 is 14.6. The van der Waals surface area contributed by atoms with Crippen LogP contribution in [0.15, 0.2) is 27.0 Å². The smallest absolute Gasteiger partial charge is 0.379 e. The number of rotatable bonds is 5. The lowest BCUT2D eigenvalue weighted by Gasteiger charge is -1.99. The topological polar surface area (TPSA) is 130 Å². The molecule has 0 aliphatic rings. The number of furan rings is 2. The van der Waals surface area contributed by atoms with Crippen molar-refractivity contribution in [2.24, 2.45) is 0 Å². The molecule has 8 heteroatoms. The summed E-state index contributed by atoms with van der Waals surface area (Å²) in [5.41, 5.74) is 0. The predicted molar refractivity (Wildman–Crippen MR) is 61.2 cm³/mol. The molecule has 0 atom stereocenters. The first-order valence-electron chi connectivity index (χ1n) is 5.43. The van der Waals surface area contributed by atoms with Crippen LogP contribution in [0.3, 0.4) is 0 Å². The molecule has 0 bridgehead atoms. The van der Waals surface area contributed by atoms with Gasteiger partial charge in [-0.3, -0.25) is 0 Å².